The van der Waals surface area contributed by atoms with Gasteiger partial charge in [-0.25, -0.2) is 0 Å². The van der Waals surface area contributed by atoms with E-state index in [0.29, 0.717) is 0 Å². The Bertz CT molecular complexity index is 481. The summed E-state index contributed by atoms with van der Waals surface area (Å²) < 4.78 is 0. The van der Waals surface area contributed by atoms with Crippen LogP contribution in [-0.2, 0) is 11.2 Å². The maximum Gasteiger partial charge on any atom is 0.240 e. The summed E-state index contributed by atoms with van der Waals surface area (Å²) in [6.45, 7) is 9.00. The summed E-state index contributed by atoms with van der Waals surface area (Å²) in [6, 6.07) is 2.40. The van der Waals surface area contributed by atoms with Crippen molar-refractivity contribution in [2.45, 2.75) is 32.4 Å². The number of fused-ring (bicyclic) bond motifs is 1. The lowest BCUT2D eigenvalue weighted by molar-refractivity contribution is -0.139. The normalized spacial score (nSPS) is 25.3. The van der Waals surface area contributed by atoms with Crippen molar-refractivity contribution in [3.05, 3.63) is 21.9 Å². The number of hydrogen-bond acceptors (Lipinski definition) is 4. The van der Waals surface area contributed by atoms with Crippen LogP contribution in [0.4, 0.5) is 0 Å². The first-order valence-electron chi connectivity index (χ1n) is 7.50. The largest absolute Gasteiger partial charge is 0.334 e. The van der Waals surface area contributed by atoms with Crippen LogP contribution in [0.1, 0.15) is 30.3 Å². The molecule has 0 bridgehead atoms. The molecular weight excluding hydrogens is 270 g/mol. The molecule has 4 nitrogen and oxygen atoms in total. The number of amides is 1. The number of nitrogens with one attached hydrogen (secondary N) is 1. The smallest absolute Gasteiger partial charge is 0.240 e. The number of rotatable bonds is 2. The molecule has 2 aliphatic heterocycles. The fourth-order valence-electron chi connectivity index (χ4n) is 3.28. The molecule has 2 atom stereocenters. The molecule has 3 rings (SSSR count). The van der Waals surface area contributed by atoms with Crippen LogP contribution in [0, 0.1) is 0 Å². The lowest BCUT2D eigenvalue weighted by Gasteiger charge is -2.39. The van der Waals surface area contributed by atoms with Crippen molar-refractivity contribution in [2.24, 2.45) is 0 Å². The van der Waals surface area contributed by atoms with E-state index >= 15 is 0 Å². The van der Waals surface area contributed by atoms with E-state index in [2.05, 4.69) is 40.4 Å². The molecule has 0 saturated carbocycles. The molecule has 2 aliphatic rings. The van der Waals surface area contributed by atoms with Crippen molar-refractivity contribution < 1.29 is 4.79 Å². The molecular formula is C15H23N3OS. The van der Waals surface area contributed by atoms with Crippen LogP contribution in [0.3, 0.4) is 0 Å². The molecule has 5 heteroatoms. The van der Waals surface area contributed by atoms with Crippen molar-refractivity contribution in [3.8, 4) is 0 Å². The van der Waals surface area contributed by atoms with Gasteiger partial charge in [0.2, 0.25) is 5.91 Å². The number of nitrogens with zero attached hydrogens (tertiary/aromatic N) is 2. The molecule has 1 fully saturated rings. The van der Waals surface area contributed by atoms with Crippen molar-refractivity contribution in [3.63, 3.8) is 0 Å². The monoisotopic (exact) mass is 293 g/mol. The molecule has 3 heterocycles. The quantitative estimate of drug-likeness (QED) is 0.897. The Morgan fingerprint density at radius 3 is 2.90 bits per heavy atom. The van der Waals surface area contributed by atoms with Gasteiger partial charge in [0.1, 0.15) is 0 Å². The van der Waals surface area contributed by atoms with Crippen molar-refractivity contribution in [1.82, 2.24) is 15.1 Å². The van der Waals surface area contributed by atoms with Crippen LogP contribution in [0.2, 0.25) is 0 Å². The molecule has 2 unspecified atom stereocenters. The zero-order chi connectivity index (χ0) is 14.1. The Labute approximate surface area is 124 Å². The fraction of sp³-hybridized carbons (Fsp3) is 0.667. The molecule has 0 radical (unpaired) electrons. The number of piperazine rings is 1. The van der Waals surface area contributed by atoms with Crippen LogP contribution in [0.15, 0.2) is 11.4 Å². The topological polar surface area (TPSA) is 35.6 Å². The highest BCUT2D eigenvalue weighted by molar-refractivity contribution is 7.10. The maximum atomic E-state index is 12.8. The van der Waals surface area contributed by atoms with Crippen molar-refractivity contribution in [1.29, 1.82) is 0 Å². The maximum absolute atomic E-state index is 12.8. The Hall–Kier alpha value is -0.910. The molecule has 0 spiro atoms. The number of carbonyl (C=O) groups is 1. The number of hydrogen-bond donors (Lipinski definition) is 1. The zero-order valence-corrected chi connectivity index (χ0v) is 13.1. The second-order valence-electron chi connectivity index (χ2n) is 5.72. The number of thiophene rings is 1. The van der Waals surface area contributed by atoms with Gasteiger partial charge in [-0.3, -0.25) is 9.69 Å². The molecule has 20 heavy (non-hydrogen) atoms. The first-order valence-corrected chi connectivity index (χ1v) is 8.38. The molecule has 1 aromatic rings. The lowest BCUT2D eigenvalue weighted by atomic mass is 10.0. The molecule has 1 amide bonds. The summed E-state index contributed by atoms with van der Waals surface area (Å²) in [4.78, 5) is 18.6. The summed E-state index contributed by atoms with van der Waals surface area (Å²) in [5, 5.41) is 5.49. The number of carbonyl (C=O) groups excluding carboxylic acids is 1. The van der Waals surface area contributed by atoms with Crippen LogP contribution < -0.4 is 5.32 Å². The van der Waals surface area contributed by atoms with E-state index in [1.807, 2.05) is 11.3 Å². The Morgan fingerprint density at radius 1 is 1.40 bits per heavy atom. The van der Waals surface area contributed by atoms with Crippen molar-refractivity contribution in [2.75, 3.05) is 32.7 Å². The third-order valence-electron chi connectivity index (χ3n) is 4.62. The van der Waals surface area contributed by atoms with E-state index in [0.717, 1.165) is 39.1 Å². The van der Waals surface area contributed by atoms with Gasteiger partial charge >= 0.3 is 0 Å². The summed E-state index contributed by atoms with van der Waals surface area (Å²) in [5.41, 5.74) is 1.35. The van der Waals surface area contributed by atoms with E-state index in [1.54, 1.807) is 0 Å². The highest BCUT2D eigenvalue weighted by Crippen LogP contribution is 2.33. The predicted molar refractivity (Wildman–Crippen MR) is 82.1 cm³/mol. The van der Waals surface area contributed by atoms with Gasteiger partial charge in [-0.2, -0.15) is 0 Å². The van der Waals surface area contributed by atoms with Gasteiger partial charge in [0.15, 0.2) is 0 Å². The van der Waals surface area contributed by atoms with Gasteiger partial charge < -0.3 is 10.2 Å². The van der Waals surface area contributed by atoms with E-state index in [-0.39, 0.29) is 18.0 Å². The van der Waals surface area contributed by atoms with E-state index in [9.17, 15) is 4.79 Å². The average Bonchev–Trinajstić information content (AvgIpc) is 2.96. The molecule has 110 valence electrons. The zero-order valence-electron chi connectivity index (χ0n) is 12.3. The predicted octanol–water partition coefficient (Wildman–Crippen LogP) is 1.49. The second kappa shape index (κ2) is 5.84. The highest BCUT2D eigenvalue weighted by atomic mass is 32.1. The van der Waals surface area contributed by atoms with E-state index in [1.165, 1.54) is 10.4 Å². The van der Waals surface area contributed by atoms with Gasteiger partial charge in [0.05, 0.1) is 12.1 Å². The molecule has 1 saturated heterocycles. The first-order chi connectivity index (χ1) is 9.68. The first kappa shape index (κ1) is 14.0. The average molecular weight is 293 g/mol. The second-order valence-corrected chi connectivity index (χ2v) is 6.72. The van der Waals surface area contributed by atoms with E-state index in [4.69, 9.17) is 0 Å². The van der Waals surface area contributed by atoms with Gasteiger partial charge in [-0.15, -0.1) is 11.3 Å². The van der Waals surface area contributed by atoms with Crippen LogP contribution in [0.25, 0.3) is 0 Å². The summed E-state index contributed by atoms with van der Waals surface area (Å²) in [6.07, 6.45) is 1.01. The Morgan fingerprint density at radius 2 is 2.15 bits per heavy atom. The van der Waals surface area contributed by atoms with Crippen LogP contribution in [0.5, 0.6) is 0 Å². The minimum atomic E-state index is -0.000245. The van der Waals surface area contributed by atoms with Crippen LogP contribution >= 0.6 is 11.3 Å². The molecule has 1 aromatic heterocycles. The third kappa shape index (κ3) is 2.50. The summed E-state index contributed by atoms with van der Waals surface area (Å²) >= 11 is 1.82. The van der Waals surface area contributed by atoms with Crippen molar-refractivity contribution >= 4 is 17.2 Å². The van der Waals surface area contributed by atoms with Gasteiger partial charge in [-0.1, -0.05) is 0 Å². The molecule has 0 aromatic carbocycles. The summed E-state index contributed by atoms with van der Waals surface area (Å²) in [5.74, 6) is 0.288. The van der Waals surface area contributed by atoms with Crippen LogP contribution in [-0.4, -0.2) is 54.5 Å². The minimum Gasteiger partial charge on any atom is -0.334 e. The van der Waals surface area contributed by atoms with Gasteiger partial charge in [-0.05, 0) is 37.3 Å². The van der Waals surface area contributed by atoms with Gasteiger partial charge in [0, 0.05) is 37.6 Å². The Kier molecular flexibility index (Phi) is 4.10. The third-order valence-corrected chi connectivity index (χ3v) is 5.61. The standard InChI is InChI=1S/C15H23N3OS/c1-11-13-4-10-20-14(13)3-7-18(11)15(19)12(2)17-8-5-16-6-9-17/h4,10-12,16H,3,5-9H2,1-2H3. The Balaban J connectivity index is 1.71. The highest BCUT2D eigenvalue weighted by Gasteiger charge is 2.33. The molecule has 0 aliphatic carbocycles. The summed E-state index contributed by atoms with van der Waals surface area (Å²) in [7, 11) is 0. The lowest BCUT2D eigenvalue weighted by Crippen LogP contribution is -2.54. The SMILES string of the molecule is CC(C(=O)N1CCc2sccc2C1C)N1CCNCC1. The minimum absolute atomic E-state index is 0.000245. The molecule has 1 N–H and O–H groups in total. The van der Waals surface area contributed by atoms with Gasteiger partial charge in [0.25, 0.3) is 0 Å². The van der Waals surface area contributed by atoms with E-state index < -0.39 is 0 Å². The fourth-order valence-corrected chi connectivity index (χ4v) is 4.24.